The summed E-state index contributed by atoms with van der Waals surface area (Å²) in [7, 11) is 3.26. The van der Waals surface area contributed by atoms with Gasteiger partial charge in [-0.15, -0.1) is 12.3 Å². The maximum absolute atomic E-state index is 10.7. The zero-order valence-corrected chi connectivity index (χ0v) is 9.79. The van der Waals surface area contributed by atoms with E-state index in [2.05, 4.69) is 5.92 Å². The number of terminal acetylenes is 1. The van der Waals surface area contributed by atoms with Crippen molar-refractivity contribution in [3.63, 3.8) is 0 Å². The fourth-order valence-electron chi connectivity index (χ4n) is 1.89. The van der Waals surface area contributed by atoms with E-state index < -0.39 is 0 Å². The molecular formula is C12H20O3. The highest BCUT2D eigenvalue weighted by Gasteiger charge is 2.31. The predicted octanol–water partition coefficient (Wildman–Crippen LogP) is 1.51. The molecule has 1 unspecified atom stereocenters. The number of methoxy groups -OCH3 is 2. The van der Waals surface area contributed by atoms with Crippen molar-refractivity contribution in [2.45, 2.75) is 19.8 Å². The Balaban J connectivity index is 4.60. The van der Waals surface area contributed by atoms with Crippen molar-refractivity contribution < 1.29 is 14.3 Å². The van der Waals surface area contributed by atoms with Gasteiger partial charge in [-0.3, -0.25) is 0 Å². The number of hydrogen-bond donors (Lipinski definition) is 0. The highest BCUT2D eigenvalue weighted by molar-refractivity contribution is 5.52. The van der Waals surface area contributed by atoms with E-state index in [0.29, 0.717) is 26.1 Å². The minimum atomic E-state index is -0.238. The number of rotatable bonds is 8. The van der Waals surface area contributed by atoms with Crippen LogP contribution >= 0.6 is 0 Å². The fourth-order valence-corrected chi connectivity index (χ4v) is 1.89. The Labute approximate surface area is 92.1 Å². The summed E-state index contributed by atoms with van der Waals surface area (Å²) in [6, 6.07) is 0. The van der Waals surface area contributed by atoms with Crippen LogP contribution in [0.15, 0.2) is 0 Å². The van der Waals surface area contributed by atoms with Crippen molar-refractivity contribution in [1.82, 2.24) is 0 Å². The van der Waals surface area contributed by atoms with Gasteiger partial charge in [0.15, 0.2) is 0 Å². The molecule has 15 heavy (non-hydrogen) atoms. The molecule has 0 heterocycles. The van der Waals surface area contributed by atoms with Gasteiger partial charge in [0.2, 0.25) is 0 Å². The Morgan fingerprint density at radius 3 is 2.27 bits per heavy atom. The molecule has 0 aromatic heterocycles. The van der Waals surface area contributed by atoms with Crippen molar-refractivity contribution >= 4 is 6.29 Å². The third-order valence-corrected chi connectivity index (χ3v) is 2.37. The van der Waals surface area contributed by atoms with Gasteiger partial charge in [0.25, 0.3) is 0 Å². The Morgan fingerprint density at radius 2 is 1.93 bits per heavy atom. The highest BCUT2D eigenvalue weighted by atomic mass is 16.5. The second-order valence-corrected chi connectivity index (χ2v) is 4.06. The Bertz CT molecular complexity index is 211. The van der Waals surface area contributed by atoms with Gasteiger partial charge in [0, 0.05) is 32.0 Å². The quantitative estimate of drug-likeness (QED) is 0.452. The predicted molar refractivity (Wildman–Crippen MR) is 59.5 cm³/mol. The molecule has 1 atom stereocenters. The lowest BCUT2D eigenvalue weighted by Gasteiger charge is -2.31. The maximum Gasteiger partial charge on any atom is 0.122 e. The van der Waals surface area contributed by atoms with E-state index in [4.69, 9.17) is 15.9 Å². The summed E-state index contributed by atoms with van der Waals surface area (Å²) in [6.45, 7) is 2.91. The van der Waals surface area contributed by atoms with Crippen LogP contribution in [-0.2, 0) is 14.3 Å². The number of carbonyl (C=O) groups is 1. The first-order valence-corrected chi connectivity index (χ1v) is 5.00. The van der Waals surface area contributed by atoms with Crippen LogP contribution in [0.25, 0.3) is 0 Å². The van der Waals surface area contributed by atoms with Gasteiger partial charge in [0.05, 0.1) is 13.2 Å². The molecule has 0 rings (SSSR count). The van der Waals surface area contributed by atoms with Gasteiger partial charge in [0.1, 0.15) is 6.29 Å². The van der Waals surface area contributed by atoms with E-state index in [1.807, 2.05) is 6.92 Å². The van der Waals surface area contributed by atoms with Gasteiger partial charge in [-0.1, -0.05) is 6.92 Å². The second-order valence-electron chi connectivity index (χ2n) is 4.06. The summed E-state index contributed by atoms with van der Waals surface area (Å²) >= 11 is 0. The minimum Gasteiger partial charge on any atom is -0.384 e. The van der Waals surface area contributed by atoms with Crippen molar-refractivity contribution in [2.75, 3.05) is 27.4 Å². The Kier molecular flexibility index (Phi) is 7.02. The largest absolute Gasteiger partial charge is 0.384 e. The van der Waals surface area contributed by atoms with Gasteiger partial charge >= 0.3 is 0 Å². The fraction of sp³-hybridized carbons (Fsp3) is 0.750. The van der Waals surface area contributed by atoms with Gasteiger partial charge < -0.3 is 14.3 Å². The molecule has 0 saturated heterocycles. The van der Waals surface area contributed by atoms with E-state index in [0.717, 1.165) is 6.29 Å². The van der Waals surface area contributed by atoms with Gasteiger partial charge in [-0.05, 0) is 6.42 Å². The molecule has 0 fully saturated rings. The second kappa shape index (κ2) is 7.44. The standard InChI is InChI=1S/C12H20O3/c1-5-6-12(9-14-3,10-15-4)7-11(2)8-13/h1,8,11H,6-7,9-10H2,2-4H3. The normalized spacial score (nSPS) is 13.2. The Hall–Kier alpha value is -0.850. The lowest BCUT2D eigenvalue weighted by molar-refractivity contribution is -0.112. The molecular weight excluding hydrogens is 192 g/mol. The number of aldehydes is 1. The van der Waals surface area contributed by atoms with E-state index in [1.54, 1.807) is 14.2 Å². The average Bonchev–Trinajstić information content (AvgIpc) is 2.18. The molecule has 3 heteroatoms. The van der Waals surface area contributed by atoms with Crippen LogP contribution in [0.4, 0.5) is 0 Å². The molecule has 0 aliphatic rings. The minimum absolute atomic E-state index is 0.0244. The molecule has 0 spiro atoms. The van der Waals surface area contributed by atoms with Crippen molar-refractivity contribution in [1.29, 1.82) is 0 Å². The van der Waals surface area contributed by atoms with E-state index in [9.17, 15) is 4.79 Å². The topological polar surface area (TPSA) is 35.5 Å². The van der Waals surface area contributed by atoms with Crippen LogP contribution < -0.4 is 0 Å². The van der Waals surface area contributed by atoms with Crippen molar-refractivity contribution in [2.24, 2.45) is 11.3 Å². The Morgan fingerprint density at radius 1 is 1.40 bits per heavy atom. The van der Waals surface area contributed by atoms with Gasteiger partial charge in [-0.25, -0.2) is 0 Å². The molecule has 3 nitrogen and oxygen atoms in total. The summed E-state index contributed by atoms with van der Waals surface area (Å²) in [5, 5.41) is 0. The molecule has 0 aromatic rings. The molecule has 0 saturated carbocycles. The molecule has 0 amide bonds. The average molecular weight is 212 g/mol. The summed E-state index contributed by atoms with van der Waals surface area (Å²) in [5.74, 6) is 2.61. The zero-order chi connectivity index (χ0) is 11.7. The summed E-state index contributed by atoms with van der Waals surface area (Å²) in [5.41, 5.74) is -0.238. The van der Waals surface area contributed by atoms with E-state index in [1.165, 1.54) is 0 Å². The van der Waals surface area contributed by atoms with Gasteiger partial charge in [-0.2, -0.15) is 0 Å². The molecule has 0 radical (unpaired) electrons. The third kappa shape index (κ3) is 4.96. The van der Waals surface area contributed by atoms with E-state index in [-0.39, 0.29) is 11.3 Å². The molecule has 0 N–H and O–H groups in total. The molecule has 86 valence electrons. The lowest BCUT2D eigenvalue weighted by atomic mass is 9.78. The summed E-state index contributed by atoms with van der Waals surface area (Å²) < 4.78 is 10.3. The molecule has 0 bridgehead atoms. The first kappa shape index (κ1) is 14.2. The summed E-state index contributed by atoms with van der Waals surface area (Å²) in [4.78, 5) is 10.7. The van der Waals surface area contributed by atoms with Crippen molar-refractivity contribution in [3.05, 3.63) is 0 Å². The van der Waals surface area contributed by atoms with Crippen LogP contribution in [-0.4, -0.2) is 33.7 Å². The van der Waals surface area contributed by atoms with E-state index >= 15 is 0 Å². The SMILES string of the molecule is C#CCC(COC)(COC)CC(C)C=O. The van der Waals surface area contributed by atoms with Crippen LogP contribution in [0.5, 0.6) is 0 Å². The first-order valence-electron chi connectivity index (χ1n) is 5.00. The molecule has 0 aromatic carbocycles. The number of hydrogen-bond acceptors (Lipinski definition) is 3. The lowest BCUT2D eigenvalue weighted by Crippen LogP contribution is -2.33. The van der Waals surface area contributed by atoms with Crippen molar-refractivity contribution in [3.8, 4) is 12.3 Å². The summed E-state index contributed by atoms with van der Waals surface area (Å²) in [6.07, 6.45) is 7.54. The number of ether oxygens (including phenoxy) is 2. The molecule has 0 aliphatic carbocycles. The smallest absolute Gasteiger partial charge is 0.122 e. The number of carbonyl (C=O) groups excluding carboxylic acids is 1. The van der Waals surface area contributed by atoms with Crippen LogP contribution in [0, 0.1) is 23.7 Å². The first-order chi connectivity index (χ1) is 7.14. The zero-order valence-electron chi connectivity index (χ0n) is 9.79. The molecule has 0 aliphatic heterocycles. The third-order valence-electron chi connectivity index (χ3n) is 2.37. The monoisotopic (exact) mass is 212 g/mol. The van der Waals surface area contributed by atoms with Crippen LogP contribution in [0.2, 0.25) is 0 Å². The van der Waals surface area contributed by atoms with Crippen LogP contribution in [0.3, 0.4) is 0 Å². The van der Waals surface area contributed by atoms with Crippen LogP contribution in [0.1, 0.15) is 19.8 Å². The highest BCUT2D eigenvalue weighted by Crippen LogP contribution is 2.30. The maximum atomic E-state index is 10.7.